The monoisotopic (exact) mass is 321 g/mol. The van der Waals surface area contributed by atoms with Gasteiger partial charge in [0.25, 0.3) is 0 Å². The van der Waals surface area contributed by atoms with Crippen molar-refractivity contribution in [3.8, 4) is 0 Å². The molecule has 2 unspecified atom stereocenters. The molecule has 128 valence electrons. The fourth-order valence-electron chi connectivity index (χ4n) is 3.52. The summed E-state index contributed by atoms with van der Waals surface area (Å²) in [6, 6.07) is 1.20. The third-order valence-electron chi connectivity index (χ3n) is 4.50. The van der Waals surface area contributed by atoms with Crippen LogP contribution in [0.5, 0.6) is 0 Å². The predicted octanol–water partition coefficient (Wildman–Crippen LogP) is 2.08. The summed E-state index contributed by atoms with van der Waals surface area (Å²) in [5.74, 6) is 0.605. The van der Waals surface area contributed by atoms with E-state index < -0.39 is 11.7 Å². The summed E-state index contributed by atoms with van der Waals surface area (Å²) in [5, 5.41) is 13.2. The van der Waals surface area contributed by atoms with Crippen LogP contribution < -0.4 is 10.6 Å². The molecule has 2 aliphatic rings. The van der Waals surface area contributed by atoms with Gasteiger partial charge in [-0.15, -0.1) is 0 Å². The summed E-state index contributed by atoms with van der Waals surface area (Å²) in [7, 11) is 0. The minimum Gasteiger partial charge on any atom is -0.444 e. The maximum atomic E-state index is 11.9. The Morgan fingerprint density at radius 3 is 3.04 bits per heavy atom. The van der Waals surface area contributed by atoms with Crippen LogP contribution in [0.1, 0.15) is 45.6 Å². The van der Waals surface area contributed by atoms with Crippen LogP contribution in [0.2, 0.25) is 0 Å². The zero-order valence-electron chi connectivity index (χ0n) is 14.2. The highest BCUT2D eigenvalue weighted by Gasteiger charge is 2.36. The molecule has 2 atom stereocenters. The fourth-order valence-corrected chi connectivity index (χ4v) is 3.52. The van der Waals surface area contributed by atoms with E-state index in [4.69, 9.17) is 4.74 Å². The first-order valence-electron chi connectivity index (χ1n) is 8.42. The van der Waals surface area contributed by atoms with E-state index in [2.05, 4.69) is 25.7 Å². The number of H-pyrrole nitrogens is 1. The molecule has 2 fully saturated rings. The van der Waals surface area contributed by atoms with Crippen molar-refractivity contribution in [3.63, 3.8) is 0 Å². The van der Waals surface area contributed by atoms with Gasteiger partial charge in [0.1, 0.15) is 11.4 Å². The maximum absolute atomic E-state index is 11.9. The Labute approximate surface area is 137 Å². The summed E-state index contributed by atoms with van der Waals surface area (Å²) in [5.41, 5.74) is 0.436. The lowest BCUT2D eigenvalue weighted by molar-refractivity contribution is 0.0635. The lowest BCUT2D eigenvalue weighted by Crippen LogP contribution is -2.38. The highest BCUT2D eigenvalue weighted by Crippen LogP contribution is 2.28. The van der Waals surface area contributed by atoms with Crippen LogP contribution >= 0.6 is 0 Å². The number of nitrogens with zero attached hydrogens (tertiary/aromatic N) is 2. The number of aromatic amines is 1. The Kier molecular flexibility index (Phi) is 4.59. The number of hydrogen-bond donors (Lipinski definition) is 3. The number of aromatic nitrogens is 2. The molecule has 7 heteroatoms. The van der Waals surface area contributed by atoms with E-state index in [-0.39, 0.29) is 0 Å². The fraction of sp³-hybridized carbons (Fsp3) is 0.750. The van der Waals surface area contributed by atoms with Gasteiger partial charge < -0.3 is 10.1 Å². The SMILES string of the molecule is CC(C)(C)OC(=O)Nc1[nH]ncc1CNC1CCN2CCCC12. The number of carbonyl (C=O) groups excluding carboxylic acids is 1. The number of rotatable bonds is 4. The zero-order chi connectivity index (χ0) is 16.4. The molecule has 3 heterocycles. The molecule has 0 radical (unpaired) electrons. The Morgan fingerprint density at radius 2 is 2.26 bits per heavy atom. The Balaban J connectivity index is 1.53. The van der Waals surface area contributed by atoms with Crippen LogP contribution in [0.3, 0.4) is 0 Å². The molecular formula is C16H27N5O2. The van der Waals surface area contributed by atoms with E-state index in [1.54, 1.807) is 6.20 Å². The summed E-state index contributed by atoms with van der Waals surface area (Å²) >= 11 is 0. The largest absolute Gasteiger partial charge is 0.444 e. The number of hydrogen-bond acceptors (Lipinski definition) is 5. The average molecular weight is 321 g/mol. The third-order valence-corrected chi connectivity index (χ3v) is 4.50. The number of ether oxygens (including phenoxy) is 1. The molecule has 1 amide bonds. The van der Waals surface area contributed by atoms with Crippen molar-refractivity contribution in [2.24, 2.45) is 0 Å². The number of anilines is 1. The molecule has 0 aliphatic carbocycles. The summed E-state index contributed by atoms with van der Waals surface area (Å²) < 4.78 is 5.28. The Hall–Kier alpha value is -1.60. The molecule has 7 nitrogen and oxygen atoms in total. The molecule has 0 aromatic carbocycles. The quantitative estimate of drug-likeness (QED) is 0.791. The predicted molar refractivity (Wildman–Crippen MR) is 88.3 cm³/mol. The van der Waals surface area contributed by atoms with E-state index in [0.717, 1.165) is 5.56 Å². The van der Waals surface area contributed by atoms with E-state index in [0.29, 0.717) is 24.4 Å². The molecule has 3 N–H and O–H groups in total. The van der Waals surface area contributed by atoms with Crippen molar-refractivity contribution in [1.29, 1.82) is 0 Å². The zero-order valence-corrected chi connectivity index (χ0v) is 14.2. The first-order valence-corrected chi connectivity index (χ1v) is 8.42. The molecule has 0 saturated carbocycles. The van der Waals surface area contributed by atoms with E-state index in [1.165, 1.54) is 32.4 Å². The standard InChI is InChI=1S/C16H27N5O2/c1-16(2,3)23-15(22)19-14-11(10-18-20-14)9-17-12-6-8-21-7-4-5-13(12)21/h10,12-13,17H,4-9H2,1-3H3,(H2,18,19,20,22). The van der Waals surface area contributed by atoms with Gasteiger partial charge in [-0.1, -0.05) is 0 Å². The van der Waals surface area contributed by atoms with Gasteiger partial charge in [-0.05, 0) is 46.6 Å². The second-order valence-electron chi connectivity index (χ2n) is 7.42. The molecule has 0 spiro atoms. The normalized spacial score (nSPS) is 24.7. The van der Waals surface area contributed by atoms with Gasteiger partial charge >= 0.3 is 6.09 Å². The second-order valence-corrected chi connectivity index (χ2v) is 7.42. The number of fused-ring (bicyclic) bond motifs is 1. The van der Waals surface area contributed by atoms with Crippen LogP contribution in [-0.2, 0) is 11.3 Å². The van der Waals surface area contributed by atoms with Gasteiger partial charge in [-0.2, -0.15) is 5.10 Å². The molecule has 23 heavy (non-hydrogen) atoms. The molecule has 1 aromatic rings. The van der Waals surface area contributed by atoms with Crippen molar-refractivity contribution >= 4 is 11.9 Å². The summed E-state index contributed by atoms with van der Waals surface area (Å²) in [6.45, 7) is 8.65. The van der Waals surface area contributed by atoms with Gasteiger partial charge in [0.05, 0.1) is 6.20 Å². The van der Waals surface area contributed by atoms with Gasteiger partial charge in [-0.3, -0.25) is 15.3 Å². The number of nitrogens with one attached hydrogen (secondary N) is 3. The van der Waals surface area contributed by atoms with Crippen LogP contribution in [-0.4, -0.2) is 52.0 Å². The molecule has 2 saturated heterocycles. The van der Waals surface area contributed by atoms with Gasteiger partial charge in [0.15, 0.2) is 0 Å². The molecule has 3 rings (SSSR count). The lowest BCUT2D eigenvalue weighted by atomic mass is 10.1. The topological polar surface area (TPSA) is 82.3 Å². The van der Waals surface area contributed by atoms with Gasteiger partial charge in [-0.25, -0.2) is 4.79 Å². The van der Waals surface area contributed by atoms with Crippen molar-refractivity contribution < 1.29 is 9.53 Å². The van der Waals surface area contributed by atoms with Crippen LogP contribution in [0.25, 0.3) is 0 Å². The van der Waals surface area contributed by atoms with E-state index in [1.807, 2.05) is 20.8 Å². The van der Waals surface area contributed by atoms with Crippen molar-refractivity contribution in [1.82, 2.24) is 20.4 Å². The van der Waals surface area contributed by atoms with Crippen molar-refractivity contribution in [2.45, 2.75) is 64.3 Å². The number of carbonyl (C=O) groups is 1. The molecule has 1 aromatic heterocycles. The molecule has 0 bridgehead atoms. The van der Waals surface area contributed by atoms with Crippen molar-refractivity contribution in [3.05, 3.63) is 11.8 Å². The first kappa shape index (κ1) is 16.3. The smallest absolute Gasteiger partial charge is 0.413 e. The highest BCUT2D eigenvalue weighted by molar-refractivity contribution is 5.84. The minimum absolute atomic E-state index is 0.467. The average Bonchev–Trinajstić information content (AvgIpc) is 3.11. The van der Waals surface area contributed by atoms with E-state index in [9.17, 15) is 4.79 Å². The van der Waals surface area contributed by atoms with Crippen molar-refractivity contribution in [2.75, 3.05) is 18.4 Å². The Morgan fingerprint density at radius 1 is 1.43 bits per heavy atom. The molecule has 2 aliphatic heterocycles. The van der Waals surface area contributed by atoms with Crippen LogP contribution in [0.15, 0.2) is 6.20 Å². The van der Waals surface area contributed by atoms with Gasteiger partial charge in [0, 0.05) is 30.7 Å². The molecular weight excluding hydrogens is 294 g/mol. The maximum Gasteiger partial charge on any atom is 0.413 e. The van der Waals surface area contributed by atoms with Crippen LogP contribution in [0.4, 0.5) is 10.6 Å². The minimum atomic E-state index is -0.516. The van der Waals surface area contributed by atoms with Crippen LogP contribution in [0, 0.1) is 0 Å². The summed E-state index contributed by atoms with van der Waals surface area (Å²) in [4.78, 5) is 14.5. The first-order chi connectivity index (χ1) is 10.9. The van der Waals surface area contributed by atoms with Gasteiger partial charge in [0.2, 0.25) is 0 Å². The Bertz CT molecular complexity index is 551. The lowest BCUT2D eigenvalue weighted by Gasteiger charge is -2.21. The summed E-state index contributed by atoms with van der Waals surface area (Å²) in [6.07, 6.45) is 5.07. The third kappa shape index (κ3) is 4.03. The highest BCUT2D eigenvalue weighted by atomic mass is 16.6. The second kappa shape index (κ2) is 6.49. The number of amides is 1. The van der Waals surface area contributed by atoms with E-state index >= 15 is 0 Å².